The molecule has 0 unspecified atom stereocenters. The topological polar surface area (TPSA) is 38.1 Å². The van der Waals surface area contributed by atoms with E-state index < -0.39 is 0 Å². The average molecular weight is 236 g/mol. The highest BCUT2D eigenvalue weighted by molar-refractivity contribution is 5.21. The van der Waals surface area contributed by atoms with Crippen molar-refractivity contribution in [2.75, 3.05) is 7.05 Å². The molecule has 96 valence electrons. The predicted molar refractivity (Wildman–Crippen MR) is 68.9 cm³/mol. The fourth-order valence-corrected chi connectivity index (χ4v) is 3.35. The molecule has 1 aliphatic rings. The molecule has 1 aliphatic carbocycles. The highest BCUT2D eigenvalue weighted by atomic mass is 16.3. The van der Waals surface area contributed by atoms with Gasteiger partial charge in [-0.1, -0.05) is 26.7 Å². The number of hydrogen-bond acceptors (Lipinski definition) is 3. The average Bonchev–Trinajstić information content (AvgIpc) is 2.87. The molecule has 0 atom stereocenters. The van der Waals surface area contributed by atoms with E-state index in [1.54, 1.807) is 6.39 Å². The van der Waals surface area contributed by atoms with Crippen molar-refractivity contribution in [3.05, 3.63) is 17.8 Å². The van der Waals surface area contributed by atoms with Crippen molar-refractivity contribution in [3.8, 4) is 0 Å². The normalized spacial score (nSPS) is 19.1. The van der Waals surface area contributed by atoms with Crippen molar-refractivity contribution < 1.29 is 4.42 Å². The molecule has 0 radical (unpaired) electrons. The van der Waals surface area contributed by atoms with Gasteiger partial charge in [0.25, 0.3) is 0 Å². The lowest BCUT2D eigenvalue weighted by atomic mass is 9.76. The zero-order valence-corrected chi connectivity index (χ0v) is 11.3. The van der Waals surface area contributed by atoms with Crippen LogP contribution in [-0.4, -0.2) is 12.0 Å². The Morgan fingerprint density at radius 3 is 2.71 bits per heavy atom. The van der Waals surface area contributed by atoms with E-state index in [-0.39, 0.29) is 5.41 Å². The van der Waals surface area contributed by atoms with Crippen molar-refractivity contribution in [3.63, 3.8) is 0 Å². The van der Waals surface area contributed by atoms with E-state index in [4.69, 9.17) is 4.42 Å². The fourth-order valence-electron chi connectivity index (χ4n) is 3.35. The predicted octanol–water partition coefficient (Wildman–Crippen LogP) is 3.25. The SMILES string of the molecule is CNCc1ncoc1C1(CC(C)C)CCCC1. The van der Waals surface area contributed by atoms with Gasteiger partial charge in [-0.05, 0) is 32.2 Å². The summed E-state index contributed by atoms with van der Waals surface area (Å²) < 4.78 is 5.75. The van der Waals surface area contributed by atoms with Crippen LogP contribution in [-0.2, 0) is 12.0 Å². The van der Waals surface area contributed by atoms with Gasteiger partial charge >= 0.3 is 0 Å². The number of rotatable bonds is 5. The van der Waals surface area contributed by atoms with Crippen molar-refractivity contribution >= 4 is 0 Å². The number of aromatic nitrogens is 1. The Hall–Kier alpha value is -0.830. The van der Waals surface area contributed by atoms with Gasteiger partial charge < -0.3 is 9.73 Å². The second-order valence-electron chi connectivity index (χ2n) is 5.74. The van der Waals surface area contributed by atoms with Crippen LogP contribution < -0.4 is 5.32 Å². The van der Waals surface area contributed by atoms with Crippen molar-refractivity contribution in [1.29, 1.82) is 0 Å². The van der Waals surface area contributed by atoms with Gasteiger partial charge in [-0.15, -0.1) is 0 Å². The molecule has 0 spiro atoms. The Balaban J connectivity index is 2.28. The number of nitrogens with one attached hydrogen (secondary N) is 1. The second kappa shape index (κ2) is 5.21. The Bertz CT molecular complexity index is 351. The summed E-state index contributed by atoms with van der Waals surface area (Å²) in [7, 11) is 1.96. The van der Waals surface area contributed by atoms with Crippen LogP contribution in [0.4, 0.5) is 0 Å². The summed E-state index contributed by atoms with van der Waals surface area (Å²) in [6, 6.07) is 0. The third-order valence-electron chi connectivity index (χ3n) is 3.83. The molecule has 1 heterocycles. The zero-order valence-electron chi connectivity index (χ0n) is 11.3. The minimum atomic E-state index is 0.261. The molecule has 0 amide bonds. The van der Waals surface area contributed by atoms with Gasteiger partial charge in [0, 0.05) is 12.0 Å². The minimum Gasteiger partial charge on any atom is -0.448 e. The van der Waals surface area contributed by atoms with E-state index in [0.717, 1.165) is 18.0 Å². The maximum atomic E-state index is 5.75. The quantitative estimate of drug-likeness (QED) is 0.852. The summed E-state index contributed by atoms with van der Waals surface area (Å²) in [5, 5.41) is 3.18. The Labute approximate surface area is 104 Å². The Kier molecular flexibility index (Phi) is 3.87. The first kappa shape index (κ1) is 12.6. The molecule has 1 aromatic heterocycles. The summed E-state index contributed by atoms with van der Waals surface area (Å²) in [5.74, 6) is 1.86. The maximum absolute atomic E-state index is 5.75. The summed E-state index contributed by atoms with van der Waals surface area (Å²) >= 11 is 0. The zero-order chi connectivity index (χ0) is 12.3. The van der Waals surface area contributed by atoms with Gasteiger partial charge in [0.1, 0.15) is 5.76 Å². The number of hydrogen-bond donors (Lipinski definition) is 1. The summed E-state index contributed by atoms with van der Waals surface area (Å²) in [5.41, 5.74) is 1.37. The Morgan fingerprint density at radius 2 is 2.12 bits per heavy atom. The third kappa shape index (κ3) is 2.54. The van der Waals surface area contributed by atoms with Gasteiger partial charge in [0.05, 0.1) is 5.69 Å². The first-order valence-electron chi connectivity index (χ1n) is 6.75. The van der Waals surface area contributed by atoms with E-state index >= 15 is 0 Å². The third-order valence-corrected chi connectivity index (χ3v) is 3.83. The second-order valence-corrected chi connectivity index (χ2v) is 5.74. The van der Waals surface area contributed by atoms with Gasteiger partial charge in [-0.3, -0.25) is 0 Å². The smallest absolute Gasteiger partial charge is 0.181 e. The van der Waals surface area contributed by atoms with Crippen LogP contribution in [0.1, 0.15) is 57.4 Å². The first-order chi connectivity index (χ1) is 8.18. The monoisotopic (exact) mass is 236 g/mol. The molecule has 1 saturated carbocycles. The highest BCUT2D eigenvalue weighted by Crippen LogP contribution is 2.46. The molecular weight excluding hydrogens is 212 g/mol. The lowest BCUT2D eigenvalue weighted by molar-refractivity contribution is 0.281. The standard InChI is InChI=1S/C14H24N2O/c1-11(2)8-14(6-4-5-7-14)13-12(9-15-3)16-10-17-13/h10-11,15H,4-9H2,1-3H3. The van der Waals surface area contributed by atoms with Gasteiger partial charge in [0.15, 0.2) is 6.39 Å². The maximum Gasteiger partial charge on any atom is 0.181 e. The van der Waals surface area contributed by atoms with Crippen LogP contribution in [0.3, 0.4) is 0 Å². The van der Waals surface area contributed by atoms with E-state index in [9.17, 15) is 0 Å². The molecule has 3 nitrogen and oxygen atoms in total. The molecule has 0 aliphatic heterocycles. The van der Waals surface area contributed by atoms with Gasteiger partial charge in [-0.2, -0.15) is 0 Å². The van der Waals surface area contributed by atoms with E-state index in [1.807, 2.05) is 7.05 Å². The molecule has 0 bridgehead atoms. The van der Waals surface area contributed by atoms with Crippen molar-refractivity contribution in [2.24, 2.45) is 5.92 Å². The minimum absolute atomic E-state index is 0.261. The molecule has 3 heteroatoms. The van der Waals surface area contributed by atoms with Crippen LogP contribution in [0.2, 0.25) is 0 Å². The highest BCUT2D eigenvalue weighted by Gasteiger charge is 2.40. The molecule has 0 saturated heterocycles. The molecule has 17 heavy (non-hydrogen) atoms. The molecule has 2 rings (SSSR count). The molecule has 1 aromatic rings. The molecule has 1 N–H and O–H groups in total. The van der Waals surface area contributed by atoms with Gasteiger partial charge in [0.2, 0.25) is 0 Å². The van der Waals surface area contributed by atoms with Crippen LogP contribution in [0.5, 0.6) is 0 Å². The van der Waals surface area contributed by atoms with Crippen LogP contribution in [0.25, 0.3) is 0 Å². The van der Waals surface area contributed by atoms with Crippen LogP contribution in [0.15, 0.2) is 10.8 Å². The van der Waals surface area contributed by atoms with Crippen LogP contribution >= 0.6 is 0 Å². The lowest BCUT2D eigenvalue weighted by Gasteiger charge is -2.29. The summed E-state index contributed by atoms with van der Waals surface area (Å²) in [6.45, 7) is 5.41. The van der Waals surface area contributed by atoms with Crippen molar-refractivity contribution in [1.82, 2.24) is 10.3 Å². The van der Waals surface area contributed by atoms with E-state index in [2.05, 4.69) is 24.1 Å². The number of nitrogens with zero attached hydrogens (tertiary/aromatic N) is 1. The molecule has 0 aromatic carbocycles. The van der Waals surface area contributed by atoms with E-state index in [1.165, 1.54) is 32.1 Å². The molecule has 1 fully saturated rings. The largest absolute Gasteiger partial charge is 0.448 e. The first-order valence-corrected chi connectivity index (χ1v) is 6.75. The Morgan fingerprint density at radius 1 is 1.41 bits per heavy atom. The van der Waals surface area contributed by atoms with Crippen LogP contribution in [0, 0.1) is 5.92 Å². The lowest BCUT2D eigenvalue weighted by Crippen LogP contribution is -2.26. The fraction of sp³-hybridized carbons (Fsp3) is 0.786. The van der Waals surface area contributed by atoms with Crippen molar-refractivity contribution in [2.45, 2.75) is 57.9 Å². The summed E-state index contributed by atoms with van der Waals surface area (Å²) in [6.07, 6.45) is 8.01. The molecular formula is C14H24N2O. The number of oxazole rings is 1. The van der Waals surface area contributed by atoms with Gasteiger partial charge in [-0.25, -0.2) is 4.98 Å². The summed E-state index contributed by atoms with van der Waals surface area (Å²) in [4.78, 5) is 4.37. The van der Waals surface area contributed by atoms with E-state index in [0.29, 0.717) is 5.92 Å².